The highest BCUT2D eigenvalue weighted by molar-refractivity contribution is 8.01. The fourth-order valence-electron chi connectivity index (χ4n) is 6.45. The summed E-state index contributed by atoms with van der Waals surface area (Å²) in [4.78, 5) is 80.9. The number of nitrogens with one attached hydrogen (secondary N) is 3. The van der Waals surface area contributed by atoms with Crippen molar-refractivity contribution in [2.45, 2.75) is 87.9 Å². The van der Waals surface area contributed by atoms with Crippen LogP contribution in [0.4, 0.5) is 15.3 Å². The maximum absolute atomic E-state index is 14.3. The smallest absolute Gasteiger partial charge is 0.411 e. The molecule has 3 aromatic carbocycles. The van der Waals surface area contributed by atoms with Crippen molar-refractivity contribution in [3.63, 3.8) is 0 Å². The van der Waals surface area contributed by atoms with Gasteiger partial charge in [-0.2, -0.15) is 0 Å². The Hall–Kier alpha value is -6.41. The van der Waals surface area contributed by atoms with E-state index in [4.69, 9.17) is 18.9 Å². The predicted molar refractivity (Wildman–Crippen MR) is 237 cm³/mol. The zero-order valence-electron chi connectivity index (χ0n) is 36.4. The predicted octanol–water partition coefficient (Wildman–Crippen LogP) is 5.32. The molecule has 3 atom stereocenters. The van der Waals surface area contributed by atoms with E-state index in [-0.39, 0.29) is 12.1 Å². The molecule has 0 bridgehead atoms. The molecule has 3 N–H and O–H groups in total. The van der Waals surface area contributed by atoms with E-state index in [0.717, 1.165) is 11.1 Å². The zero-order chi connectivity index (χ0) is 46.2. The fourth-order valence-corrected chi connectivity index (χ4v) is 8.78. The normalized spacial score (nSPS) is 16.5. The molecular weight excluding hydrogens is 865 g/mol. The summed E-state index contributed by atoms with van der Waals surface area (Å²) in [5.74, 6) is -1.69. The number of rotatable bonds is 15. The number of hydrogen-bond donors (Lipinski definition) is 3. The van der Waals surface area contributed by atoms with Crippen LogP contribution in [0.15, 0.2) is 101 Å². The zero-order valence-corrected chi connectivity index (χ0v) is 38.0. The van der Waals surface area contributed by atoms with E-state index < -0.39 is 77.3 Å². The van der Waals surface area contributed by atoms with Crippen molar-refractivity contribution in [1.82, 2.24) is 35.7 Å². The maximum atomic E-state index is 14.3. The topological polar surface area (TPSA) is 222 Å². The number of tetrazole rings is 1. The number of alkyl carbamates (subject to hydrolysis) is 1. The van der Waals surface area contributed by atoms with E-state index in [9.17, 15) is 28.8 Å². The first-order chi connectivity index (χ1) is 30.3. The first-order valence-electron chi connectivity index (χ1n) is 20.2. The van der Waals surface area contributed by atoms with E-state index in [1.54, 1.807) is 72.9 Å². The van der Waals surface area contributed by atoms with Crippen LogP contribution in [-0.2, 0) is 51.6 Å². The molecule has 1 saturated heterocycles. The van der Waals surface area contributed by atoms with Gasteiger partial charge < -0.3 is 29.6 Å². The molecule has 4 aromatic rings. The first kappa shape index (κ1) is 47.1. The average Bonchev–Trinajstić information content (AvgIpc) is 3.66. The molecule has 1 fully saturated rings. The minimum Gasteiger partial charge on any atom is -0.458 e. The molecule has 0 radical (unpaired) electrons. The van der Waals surface area contributed by atoms with Crippen LogP contribution in [0.3, 0.4) is 0 Å². The van der Waals surface area contributed by atoms with Crippen LogP contribution in [0, 0.1) is 0 Å². The van der Waals surface area contributed by atoms with E-state index in [0.29, 0.717) is 33.5 Å². The molecule has 1 aromatic heterocycles. The lowest BCUT2D eigenvalue weighted by atomic mass is 10.0. The van der Waals surface area contributed by atoms with E-state index in [2.05, 4.69) is 31.5 Å². The van der Waals surface area contributed by atoms with Gasteiger partial charge in [0.05, 0.1) is 6.42 Å². The fraction of sp³-hybridized carbons (Fsp3) is 0.386. The van der Waals surface area contributed by atoms with Crippen LogP contribution in [0.5, 0.6) is 0 Å². The Morgan fingerprint density at radius 1 is 0.859 bits per heavy atom. The standard InChI is InChI=1S/C44H50N8O10S2/c1-43(2,3)61-38(55)31(46-42(58)62-44(4,5)6)23-59-41(57)45-30-20-18-26(19-21-30)22-32(53)47-33-36(54)52-34(29(24-63-37(33)52)25-64-40-48-49-50-51(40)7)39(56)60-35(27-14-10-8-11-15-27)28-16-12-9-13-17-28/h8-21,31,33,35,37H,22-25H2,1-7H3,(H,45,57)(H,46,58)(H,47,53)/t31?,33-,37-/m1/s1. The summed E-state index contributed by atoms with van der Waals surface area (Å²) >= 11 is 2.75. The molecule has 2 aliphatic heterocycles. The lowest BCUT2D eigenvalue weighted by Crippen LogP contribution is -2.70. The number of nitrogens with zero attached hydrogens (tertiary/aromatic N) is 5. The minimum absolute atomic E-state index is 0.0893. The van der Waals surface area contributed by atoms with Gasteiger partial charge in [-0.25, -0.2) is 23.9 Å². The van der Waals surface area contributed by atoms with Crippen molar-refractivity contribution in [2.75, 3.05) is 23.4 Å². The summed E-state index contributed by atoms with van der Waals surface area (Å²) in [6, 6.07) is 22.8. The maximum Gasteiger partial charge on any atom is 0.411 e. The van der Waals surface area contributed by atoms with Crippen molar-refractivity contribution >= 4 is 65.2 Å². The largest absolute Gasteiger partial charge is 0.458 e. The molecule has 6 rings (SSSR count). The number of carbonyl (C=O) groups excluding carboxylic acids is 6. The number of β-lactam (4-membered cyclic amide) rings is 1. The summed E-state index contributed by atoms with van der Waals surface area (Å²) in [7, 11) is 1.71. The number of ether oxygens (including phenoxy) is 4. The molecule has 3 heterocycles. The Balaban J connectivity index is 1.08. The van der Waals surface area contributed by atoms with Gasteiger partial charge in [0.15, 0.2) is 12.1 Å². The number of fused-ring (bicyclic) bond motifs is 1. The van der Waals surface area contributed by atoms with E-state index in [1.807, 2.05) is 60.7 Å². The van der Waals surface area contributed by atoms with Gasteiger partial charge in [0.1, 0.15) is 34.9 Å². The van der Waals surface area contributed by atoms with Gasteiger partial charge in [-0.3, -0.25) is 19.8 Å². The lowest BCUT2D eigenvalue weighted by Gasteiger charge is -2.49. The number of amides is 4. The van der Waals surface area contributed by atoms with Gasteiger partial charge in [-0.15, -0.1) is 16.9 Å². The molecule has 1 unspecified atom stereocenters. The third kappa shape index (κ3) is 12.6. The Kier molecular flexibility index (Phi) is 15.0. The molecule has 0 aliphatic carbocycles. The Labute approximate surface area is 378 Å². The van der Waals surface area contributed by atoms with E-state index in [1.165, 1.54) is 33.1 Å². The molecule has 0 spiro atoms. The molecule has 18 nitrogen and oxygen atoms in total. The van der Waals surface area contributed by atoms with Gasteiger partial charge in [0.2, 0.25) is 11.1 Å². The Morgan fingerprint density at radius 3 is 2.06 bits per heavy atom. The Bertz CT molecular complexity index is 2330. The highest BCUT2D eigenvalue weighted by atomic mass is 32.2. The number of carbonyl (C=O) groups is 6. The average molecular weight is 915 g/mol. The minimum atomic E-state index is -1.35. The van der Waals surface area contributed by atoms with Crippen LogP contribution in [0.2, 0.25) is 0 Å². The van der Waals surface area contributed by atoms with Gasteiger partial charge in [0.25, 0.3) is 5.91 Å². The van der Waals surface area contributed by atoms with Crippen molar-refractivity contribution in [2.24, 2.45) is 7.05 Å². The van der Waals surface area contributed by atoms with E-state index >= 15 is 0 Å². The van der Waals surface area contributed by atoms with Crippen molar-refractivity contribution in [3.05, 3.63) is 113 Å². The third-order valence-corrected chi connectivity index (χ3v) is 11.7. The summed E-state index contributed by atoms with van der Waals surface area (Å²) in [5, 5.41) is 19.3. The molecule has 64 heavy (non-hydrogen) atoms. The number of benzene rings is 3. The monoisotopic (exact) mass is 914 g/mol. The van der Waals surface area contributed by atoms with Gasteiger partial charge in [-0.1, -0.05) is 84.6 Å². The Morgan fingerprint density at radius 2 is 1.48 bits per heavy atom. The highest BCUT2D eigenvalue weighted by Crippen LogP contribution is 2.43. The number of aryl methyl sites for hydroxylation is 1. The van der Waals surface area contributed by atoms with Crippen molar-refractivity contribution in [1.29, 1.82) is 0 Å². The second kappa shape index (κ2) is 20.4. The van der Waals surface area contributed by atoms with Crippen molar-refractivity contribution in [3.8, 4) is 0 Å². The number of esters is 2. The number of aromatic nitrogens is 4. The van der Waals surface area contributed by atoms with Gasteiger partial charge in [-0.05, 0) is 86.4 Å². The number of hydrogen-bond acceptors (Lipinski definition) is 15. The summed E-state index contributed by atoms with van der Waals surface area (Å²) in [5.41, 5.74) is 1.49. The number of thioether (sulfide) groups is 2. The quantitative estimate of drug-likeness (QED) is 0.0595. The first-order valence-corrected chi connectivity index (χ1v) is 22.3. The lowest BCUT2D eigenvalue weighted by molar-refractivity contribution is -0.158. The van der Waals surface area contributed by atoms with Gasteiger partial charge in [0, 0.05) is 24.2 Å². The molecular formula is C44H50N8O10S2. The summed E-state index contributed by atoms with van der Waals surface area (Å²) in [6.07, 6.45) is -2.65. The molecule has 338 valence electrons. The molecule has 2 aliphatic rings. The third-order valence-electron chi connectivity index (χ3n) is 9.27. The highest BCUT2D eigenvalue weighted by Gasteiger charge is 2.54. The van der Waals surface area contributed by atoms with Crippen molar-refractivity contribution < 1.29 is 47.7 Å². The second-order valence-corrected chi connectivity index (χ2v) is 18.8. The molecule has 0 saturated carbocycles. The van der Waals surface area contributed by atoms with Crippen LogP contribution in [0.1, 0.15) is 64.3 Å². The SMILES string of the molecule is Cn1nnnc1SCC1=C(C(=O)OC(c2ccccc2)c2ccccc2)N2C(=O)[C@@H](NC(=O)Cc3ccc(NC(=O)OCC(NC(=O)OC(C)(C)C)C(=O)OC(C)(C)C)cc3)[C@H]2SC1. The summed E-state index contributed by atoms with van der Waals surface area (Å²) < 4.78 is 23.6. The molecule has 20 heteroatoms. The summed E-state index contributed by atoms with van der Waals surface area (Å²) in [6.45, 7) is 9.42. The van der Waals surface area contributed by atoms with Crippen LogP contribution < -0.4 is 16.0 Å². The van der Waals surface area contributed by atoms with Crippen LogP contribution in [0.25, 0.3) is 0 Å². The second-order valence-electron chi connectivity index (χ2n) is 16.7. The number of anilines is 1. The molecule has 4 amide bonds. The van der Waals surface area contributed by atoms with Crippen LogP contribution >= 0.6 is 23.5 Å². The van der Waals surface area contributed by atoms with Crippen LogP contribution in [-0.4, -0.2) is 108 Å². The van der Waals surface area contributed by atoms with Gasteiger partial charge >= 0.3 is 24.1 Å².